The number of benzene rings is 1. The molecular formula is C12H11N3O. The zero-order valence-corrected chi connectivity index (χ0v) is 8.58. The average molecular weight is 213 g/mol. The van der Waals surface area contributed by atoms with Crippen molar-refractivity contribution in [2.45, 2.75) is 0 Å². The number of hydrazone groups is 1. The number of amides is 1. The molecule has 0 saturated heterocycles. The van der Waals surface area contributed by atoms with Gasteiger partial charge in [0.2, 0.25) is 5.91 Å². The molecule has 16 heavy (non-hydrogen) atoms. The second-order valence-electron chi connectivity index (χ2n) is 3.25. The highest BCUT2D eigenvalue weighted by Gasteiger charge is 2.03. The van der Waals surface area contributed by atoms with Gasteiger partial charge in [-0.25, -0.2) is 5.01 Å². The maximum absolute atomic E-state index is 10.9. The lowest BCUT2D eigenvalue weighted by molar-refractivity contribution is 0.100. The smallest absolute Gasteiger partial charge is 0.248 e. The normalized spacial score (nSPS) is 13.9. The van der Waals surface area contributed by atoms with Gasteiger partial charge in [-0.1, -0.05) is 6.08 Å². The Hall–Kier alpha value is -2.36. The molecule has 0 radical (unpaired) electrons. The van der Waals surface area contributed by atoms with Crippen LogP contribution in [0.15, 0.2) is 53.8 Å². The van der Waals surface area contributed by atoms with Crippen molar-refractivity contribution in [3.63, 3.8) is 0 Å². The molecule has 1 aliphatic heterocycles. The molecule has 1 aromatic rings. The van der Waals surface area contributed by atoms with Crippen LogP contribution < -0.4 is 10.7 Å². The van der Waals surface area contributed by atoms with Gasteiger partial charge < -0.3 is 5.73 Å². The summed E-state index contributed by atoms with van der Waals surface area (Å²) in [6.45, 7) is 0. The summed E-state index contributed by atoms with van der Waals surface area (Å²) in [7, 11) is 0. The van der Waals surface area contributed by atoms with Crippen molar-refractivity contribution in [3.05, 3.63) is 54.3 Å². The number of allylic oxidation sites excluding steroid dienone is 3. The Bertz CT molecular complexity index is 456. The summed E-state index contributed by atoms with van der Waals surface area (Å²) in [6, 6.07) is 6.96. The Labute approximate surface area is 93.4 Å². The first kappa shape index (κ1) is 10.2. The lowest BCUT2D eigenvalue weighted by atomic mass is 10.2. The molecule has 4 heteroatoms. The Morgan fingerprint density at radius 2 is 1.88 bits per heavy atom. The number of carbonyl (C=O) groups is 1. The molecule has 1 aliphatic rings. The Balaban J connectivity index is 2.25. The fourth-order valence-corrected chi connectivity index (χ4v) is 1.33. The number of nitrogens with zero attached hydrogens (tertiary/aromatic N) is 2. The zero-order chi connectivity index (χ0) is 11.4. The molecule has 80 valence electrons. The molecule has 4 nitrogen and oxygen atoms in total. The minimum Gasteiger partial charge on any atom is -0.366 e. The molecule has 0 spiro atoms. The highest BCUT2D eigenvalue weighted by Crippen LogP contribution is 2.16. The van der Waals surface area contributed by atoms with Crippen LogP contribution in [0, 0.1) is 0 Å². The van der Waals surface area contributed by atoms with Gasteiger partial charge in [-0.3, -0.25) is 4.79 Å². The van der Waals surface area contributed by atoms with Crippen LogP contribution in [0.5, 0.6) is 0 Å². The van der Waals surface area contributed by atoms with Gasteiger partial charge >= 0.3 is 0 Å². The molecule has 0 fully saturated rings. The fourth-order valence-electron chi connectivity index (χ4n) is 1.33. The summed E-state index contributed by atoms with van der Waals surface area (Å²) < 4.78 is 0. The van der Waals surface area contributed by atoms with E-state index in [-0.39, 0.29) is 0 Å². The lowest BCUT2D eigenvalue weighted by Gasteiger charge is -2.13. The van der Waals surface area contributed by atoms with E-state index in [0.29, 0.717) is 5.56 Å². The molecule has 2 rings (SSSR count). The van der Waals surface area contributed by atoms with E-state index < -0.39 is 5.91 Å². The number of nitrogens with two attached hydrogens (primary N) is 1. The predicted octanol–water partition coefficient (Wildman–Crippen LogP) is 1.66. The fraction of sp³-hybridized carbons (Fsp3) is 0. The van der Waals surface area contributed by atoms with E-state index in [0.717, 1.165) is 5.69 Å². The maximum atomic E-state index is 10.9. The van der Waals surface area contributed by atoms with Crippen LogP contribution in [0.4, 0.5) is 5.69 Å². The molecule has 2 N–H and O–H groups in total. The number of hydrogen-bond donors (Lipinski definition) is 1. The first-order valence-electron chi connectivity index (χ1n) is 4.84. The monoisotopic (exact) mass is 213 g/mol. The van der Waals surface area contributed by atoms with Gasteiger partial charge in [0.05, 0.1) is 5.69 Å². The van der Waals surface area contributed by atoms with Crippen LogP contribution in [0.3, 0.4) is 0 Å². The molecule has 0 bridgehead atoms. The quantitative estimate of drug-likeness (QED) is 0.812. The molecule has 0 aliphatic carbocycles. The van der Waals surface area contributed by atoms with E-state index in [2.05, 4.69) is 5.10 Å². The van der Waals surface area contributed by atoms with E-state index in [1.807, 2.05) is 24.4 Å². The molecule has 1 heterocycles. The first-order chi connectivity index (χ1) is 7.77. The summed E-state index contributed by atoms with van der Waals surface area (Å²) in [5.74, 6) is -0.428. The minimum atomic E-state index is -0.428. The van der Waals surface area contributed by atoms with Crippen molar-refractivity contribution >= 4 is 17.8 Å². The molecule has 0 aromatic heterocycles. The van der Waals surface area contributed by atoms with Crippen LogP contribution >= 0.6 is 0 Å². The molecule has 1 aromatic carbocycles. The van der Waals surface area contributed by atoms with Crippen molar-refractivity contribution in [2.75, 3.05) is 5.01 Å². The Kier molecular flexibility index (Phi) is 2.82. The predicted molar refractivity (Wildman–Crippen MR) is 64.2 cm³/mol. The van der Waals surface area contributed by atoms with Gasteiger partial charge in [-0.2, -0.15) is 5.10 Å². The van der Waals surface area contributed by atoms with Crippen LogP contribution in [0.1, 0.15) is 10.4 Å². The second kappa shape index (κ2) is 4.44. The van der Waals surface area contributed by atoms with Gasteiger partial charge in [-0.15, -0.1) is 0 Å². The van der Waals surface area contributed by atoms with Crippen molar-refractivity contribution in [1.82, 2.24) is 0 Å². The van der Waals surface area contributed by atoms with Gasteiger partial charge in [-0.05, 0) is 36.4 Å². The van der Waals surface area contributed by atoms with Crippen molar-refractivity contribution in [2.24, 2.45) is 10.8 Å². The summed E-state index contributed by atoms with van der Waals surface area (Å²) >= 11 is 0. The van der Waals surface area contributed by atoms with E-state index >= 15 is 0 Å². The number of anilines is 1. The van der Waals surface area contributed by atoms with Gasteiger partial charge in [0.1, 0.15) is 0 Å². The lowest BCUT2D eigenvalue weighted by Crippen LogP contribution is -2.11. The zero-order valence-electron chi connectivity index (χ0n) is 8.58. The minimum absolute atomic E-state index is 0.428. The Morgan fingerprint density at radius 1 is 1.12 bits per heavy atom. The number of carbonyl (C=O) groups excluding carboxylic acids is 1. The second-order valence-corrected chi connectivity index (χ2v) is 3.25. The van der Waals surface area contributed by atoms with Crippen molar-refractivity contribution in [1.29, 1.82) is 0 Å². The van der Waals surface area contributed by atoms with Crippen molar-refractivity contribution < 1.29 is 4.79 Å². The topological polar surface area (TPSA) is 58.7 Å². The van der Waals surface area contributed by atoms with Gasteiger partial charge in [0.25, 0.3) is 0 Å². The van der Waals surface area contributed by atoms with E-state index in [9.17, 15) is 4.79 Å². The van der Waals surface area contributed by atoms with Gasteiger partial charge in [0, 0.05) is 18.0 Å². The highest BCUT2D eigenvalue weighted by atomic mass is 16.1. The maximum Gasteiger partial charge on any atom is 0.248 e. The summed E-state index contributed by atoms with van der Waals surface area (Å²) in [5.41, 5.74) is 6.53. The van der Waals surface area contributed by atoms with Crippen molar-refractivity contribution in [3.8, 4) is 0 Å². The third kappa shape index (κ3) is 2.17. The summed E-state index contributed by atoms with van der Waals surface area (Å²) in [6.07, 6.45) is 9.14. The largest absolute Gasteiger partial charge is 0.366 e. The number of rotatable bonds is 2. The van der Waals surface area contributed by atoms with Crippen LogP contribution in [0.25, 0.3) is 0 Å². The first-order valence-corrected chi connectivity index (χ1v) is 4.84. The molecule has 0 unspecified atom stereocenters. The Morgan fingerprint density at radius 3 is 2.56 bits per heavy atom. The molecule has 0 atom stereocenters. The van der Waals surface area contributed by atoms with Crippen LogP contribution in [-0.2, 0) is 0 Å². The third-order valence-electron chi connectivity index (χ3n) is 2.14. The standard InChI is InChI=1S/C12H11N3O/c13-12(16)10-4-6-11(7-5-10)15-9-3-1-2-8-14-15/h1-9H,(H2,13,16). The molecular weight excluding hydrogens is 202 g/mol. The van der Waals surface area contributed by atoms with E-state index in [4.69, 9.17) is 5.73 Å². The molecule has 0 saturated carbocycles. The summed E-state index contributed by atoms with van der Waals surface area (Å²) in [4.78, 5) is 10.9. The highest BCUT2D eigenvalue weighted by molar-refractivity contribution is 5.93. The molecule has 1 amide bonds. The van der Waals surface area contributed by atoms with Crippen LogP contribution in [-0.4, -0.2) is 12.1 Å². The number of primary amides is 1. The number of hydrogen-bond acceptors (Lipinski definition) is 3. The average Bonchev–Trinajstić information content (AvgIpc) is 2.57. The SMILES string of the molecule is NC(=O)c1ccc(N2C=CC=CC=N2)cc1. The van der Waals surface area contributed by atoms with Crippen LogP contribution in [0.2, 0.25) is 0 Å². The van der Waals surface area contributed by atoms with Gasteiger partial charge in [0.15, 0.2) is 0 Å². The van der Waals surface area contributed by atoms with E-state index in [1.165, 1.54) is 0 Å². The third-order valence-corrected chi connectivity index (χ3v) is 2.14. The summed E-state index contributed by atoms with van der Waals surface area (Å²) in [5, 5.41) is 5.90. The van der Waals surface area contributed by atoms with E-state index in [1.54, 1.807) is 35.5 Å².